The van der Waals surface area contributed by atoms with Crippen molar-refractivity contribution in [3.63, 3.8) is 0 Å². The lowest BCUT2D eigenvalue weighted by molar-refractivity contribution is -0.120. The lowest BCUT2D eigenvalue weighted by Crippen LogP contribution is -2.57. The molecule has 1 aliphatic heterocycles. The summed E-state index contributed by atoms with van der Waals surface area (Å²) in [5.74, 6) is 0.0956. The van der Waals surface area contributed by atoms with Gasteiger partial charge in [-0.25, -0.2) is 4.79 Å². The van der Waals surface area contributed by atoms with E-state index in [1.165, 1.54) is 11.1 Å². The van der Waals surface area contributed by atoms with Gasteiger partial charge in [-0.3, -0.25) is 9.69 Å². The molecule has 0 aromatic heterocycles. The maximum atomic E-state index is 12.8. The number of nitrogens with one attached hydrogen (secondary N) is 2. The monoisotopic (exact) mass is 450 g/mol. The summed E-state index contributed by atoms with van der Waals surface area (Å²) in [4.78, 5) is 28.5. The number of urea groups is 1. The van der Waals surface area contributed by atoms with Gasteiger partial charge in [0.2, 0.25) is 5.91 Å². The molecule has 1 heterocycles. The summed E-state index contributed by atoms with van der Waals surface area (Å²) in [6, 6.07) is 21.6. The zero-order chi connectivity index (χ0) is 23.5. The van der Waals surface area contributed by atoms with Gasteiger partial charge in [0, 0.05) is 45.7 Å². The molecule has 1 atom stereocenters. The Hall–Kier alpha value is -2.86. The van der Waals surface area contributed by atoms with E-state index in [0.717, 1.165) is 45.3 Å². The van der Waals surface area contributed by atoms with Crippen molar-refractivity contribution in [1.29, 1.82) is 0 Å². The highest BCUT2D eigenvalue weighted by Crippen LogP contribution is 2.30. The van der Waals surface area contributed by atoms with Crippen LogP contribution in [-0.4, -0.2) is 61.0 Å². The highest BCUT2D eigenvalue weighted by Gasteiger charge is 2.32. The van der Waals surface area contributed by atoms with Gasteiger partial charge in [0.1, 0.15) is 0 Å². The number of unbranched alkanes of at least 4 members (excludes halogenated alkanes) is 3. The molecule has 33 heavy (non-hydrogen) atoms. The molecule has 3 rings (SSSR count). The molecule has 6 nitrogen and oxygen atoms in total. The summed E-state index contributed by atoms with van der Waals surface area (Å²) in [5, 5.41) is 5.74. The maximum Gasteiger partial charge on any atom is 0.317 e. The molecule has 0 bridgehead atoms. The van der Waals surface area contributed by atoms with Crippen LogP contribution in [-0.2, 0) is 4.79 Å². The standard InChI is InChI=1S/C27H38N4O2/c1-22-21-30(26(23-13-7-5-8-14-23)24-15-9-6-10-16-24)19-20-31(22)27(33)29-18-12-4-3-11-17-25(32)28-2/h5-10,13-16,22,26H,3-4,11-12,17-21H2,1-2H3,(H,28,32)(H,29,33)/t22-/m0/s1. The zero-order valence-corrected chi connectivity index (χ0v) is 20.0. The molecule has 3 amide bonds. The van der Waals surface area contributed by atoms with E-state index in [4.69, 9.17) is 0 Å². The number of amides is 3. The first kappa shape index (κ1) is 24.8. The molecule has 0 saturated carbocycles. The molecular weight excluding hydrogens is 412 g/mol. The Morgan fingerprint density at radius 1 is 0.909 bits per heavy atom. The van der Waals surface area contributed by atoms with Crippen molar-refractivity contribution in [2.24, 2.45) is 0 Å². The van der Waals surface area contributed by atoms with Crippen molar-refractivity contribution in [2.45, 2.75) is 51.1 Å². The second-order valence-electron chi connectivity index (χ2n) is 8.83. The fraction of sp³-hybridized carbons (Fsp3) is 0.481. The van der Waals surface area contributed by atoms with Crippen molar-refractivity contribution >= 4 is 11.9 Å². The minimum Gasteiger partial charge on any atom is -0.359 e. The van der Waals surface area contributed by atoms with E-state index in [1.54, 1.807) is 7.05 Å². The van der Waals surface area contributed by atoms with Crippen LogP contribution in [0.2, 0.25) is 0 Å². The van der Waals surface area contributed by atoms with Crippen molar-refractivity contribution in [3.05, 3.63) is 71.8 Å². The fourth-order valence-electron chi connectivity index (χ4n) is 4.59. The van der Waals surface area contributed by atoms with Gasteiger partial charge < -0.3 is 15.5 Å². The van der Waals surface area contributed by atoms with Crippen molar-refractivity contribution in [1.82, 2.24) is 20.4 Å². The third-order valence-electron chi connectivity index (χ3n) is 6.40. The van der Waals surface area contributed by atoms with E-state index in [2.05, 4.69) is 83.1 Å². The smallest absolute Gasteiger partial charge is 0.317 e. The van der Waals surface area contributed by atoms with Crippen LogP contribution in [0.3, 0.4) is 0 Å². The first-order valence-corrected chi connectivity index (χ1v) is 12.2. The molecule has 2 N–H and O–H groups in total. The number of carbonyl (C=O) groups is 2. The quantitative estimate of drug-likeness (QED) is 0.534. The lowest BCUT2D eigenvalue weighted by Gasteiger charge is -2.43. The molecule has 1 saturated heterocycles. The second-order valence-corrected chi connectivity index (χ2v) is 8.83. The second kappa shape index (κ2) is 13.0. The number of hydrogen-bond donors (Lipinski definition) is 2. The molecule has 0 radical (unpaired) electrons. The van der Waals surface area contributed by atoms with Crippen LogP contribution in [0.1, 0.15) is 56.2 Å². The van der Waals surface area contributed by atoms with Crippen molar-refractivity contribution in [3.8, 4) is 0 Å². The Labute approximate surface area is 198 Å². The average Bonchev–Trinajstić information content (AvgIpc) is 2.84. The summed E-state index contributed by atoms with van der Waals surface area (Å²) in [5.41, 5.74) is 2.57. The molecule has 0 spiro atoms. The summed E-state index contributed by atoms with van der Waals surface area (Å²) < 4.78 is 0. The highest BCUT2D eigenvalue weighted by atomic mass is 16.2. The maximum absolute atomic E-state index is 12.8. The zero-order valence-electron chi connectivity index (χ0n) is 20.0. The first-order valence-electron chi connectivity index (χ1n) is 12.2. The average molecular weight is 451 g/mol. The highest BCUT2D eigenvalue weighted by molar-refractivity contribution is 5.75. The Kier molecular flexibility index (Phi) is 9.76. The van der Waals surface area contributed by atoms with Gasteiger partial charge in [-0.05, 0) is 30.9 Å². The lowest BCUT2D eigenvalue weighted by atomic mass is 9.95. The van der Waals surface area contributed by atoms with Gasteiger partial charge in [0.15, 0.2) is 0 Å². The minimum atomic E-state index is 0.0310. The first-order chi connectivity index (χ1) is 16.1. The van der Waals surface area contributed by atoms with Crippen LogP contribution < -0.4 is 10.6 Å². The van der Waals surface area contributed by atoms with E-state index in [1.807, 2.05) is 4.90 Å². The van der Waals surface area contributed by atoms with Gasteiger partial charge >= 0.3 is 6.03 Å². The normalized spacial score (nSPS) is 16.6. The number of piperazine rings is 1. The summed E-state index contributed by atoms with van der Waals surface area (Å²) in [6.45, 7) is 5.21. The molecule has 6 heteroatoms. The molecule has 0 aliphatic carbocycles. The summed E-state index contributed by atoms with van der Waals surface area (Å²) in [7, 11) is 1.67. The van der Waals surface area contributed by atoms with Crippen LogP contribution in [0.15, 0.2) is 60.7 Å². The van der Waals surface area contributed by atoms with Crippen LogP contribution in [0, 0.1) is 0 Å². The van der Waals surface area contributed by atoms with E-state index < -0.39 is 0 Å². The van der Waals surface area contributed by atoms with Gasteiger partial charge in [0.25, 0.3) is 0 Å². The third kappa shape index (κ3) is 7.32. The molecule has 178 valence electrons. The van der Waals surface area contributed by atoms with Gasteiger partial charge in [0.05, 0.1) is 6.04 Å². The fourth-order valence-corrected chi connectivity index (χ4v) is 4.59. The molecule has 0 unspecified atom stereocenters. The topological polar surface area (TPSA) is 64.7 Å². The van der Waals surface area contributed by atoms with Crippen molar-refractivity contribution < 1.29 is 9.59 Å². The van der Waals surface area contributed by atoms with Gasteiger partial charge in [-0.15, -0.1) is 0 Å². The Bertz CT molecular complexity index is 819. The van der Waals surface area contributed by atoms with Crippen molar-refractivity contribution in [2.75, 3.05) is 33.2 Å². The molecule has 1 fully saturated rings. The molecule has 2 aromatic rings. The van der Waals surface area contributed by atoms with Gasteiger partial charge in [-0.1, -0.05) is 73.5 Å². The summed E-state index contributed by atoms with van der Waals surface area (Å²) >= 11 is 0. The van der Waals surface area contributed by atoms with Gasteiger partial charge in [-0.2, -0.15) is 0 Å². The van der Waals surface area contributed by atoms with E-state index in [0.29, 0.717) is 13.0 Å². The minimum absolute atomic E-state index is 0.0310. The number of carbonyl (C=O) groups excluding carboxylic acids is 2. The van der Waals surface area contributed by atoms with Crippen LogP contribution in [0.25, 0.3) is 0 Å². The number of nitrogens with zero attached hydrogens (tertiary/aromatic N) is 2. The predicted molar refractivity (Wildman–Crippen MR) is 133 cm³/mol. The number of rotatable bonds is 10. The number of hydrogen-bond acceptors (Lipinski definition) is 3. The molecular formula is C27H38N4O2. The summed E-state index contributed by atoms with van der Waals surface area (Å²) in [6.07, 6.45) is 4.46. The van der Waals surface area contributed by atoms with Crippen LogP contribution in [0.4, 0.5) is 4.79 Å². The van der Waals surface area contributed by atoms with E-state index in [9.17, 15) is 9.59 Å². The largest absolute Gasteiger partial charge is 0.359 e. The molecule has 1 aliphatic rings. The van der Waals surface area contributed by atoms with Crippen LogP contribution in [0.5, 0.6) is 0 Å². The SMILES string of the molecule is CNC(=O)CCCCCCNC(=O)N1CCN(C(c2ccccc2)c2ccccc2)C[C@@H]1C. The Morgan fingerprint density at radius 2 is 1.52 bits per heavy atom. The van der Waals surface area contributed by atoms with Crippen LogP contribution >= 0.6 is 0 Å². The van der Waals surface area contributed by atoms with E-state index >= 15 is 0 Å². The third-order valence-corrected chi connectivity index (χ3v) is 6.40. The Morgan fingerprint density at radius 3 is 2.09 bits per heavy atom. The van der Waals surface area contributed by atoms with E-state index in [-0.39, 0.29) is 24.0 Å². The number of benzene rings is 2. The molecule has 2 aromatic carbocycles. The predicted octanol–water partition coefficient (Wildman–Crippen LogP) is 4.19. The Balaban J connectivity index is 1.49.